The van der Waals surface area contributed by atoms with Crippen molar-refractivity contribution in [3.8, 4) is 5.75 Å². The highest BCUT2D eigenvalue weighted by Gasteiger charge is 2.22. The number of rotatable bonds is 3. The van der Waals surface area contributed by atoms with Crippen LogP contribution in [0.3, 0.4) is 0 Å². The summed E-state index contributed by atoms with van der Waals surface area (Å²) in [7, 11) is 0. The van der Waals surface area contributed by atoms with E-state index in [4.69, 9.17) is 9.84 Å². The third-order valence-corrected chi connectivity index (χ3v) is 2.86. The van der Waals surface area contributed by atoms with Crippen molar-refractivity contribution in [2.75, 3.05) is 26.3 Å². The van der Waals surface area contributed by atoms with Gasteiger partial charge in [0.25, 0.3) is 5.91 Å². The van der Waals surface area contributed by atoms with Crippen molar-refractivity contribution < 1.29 is 14.6 Å². The van der Waals surface area contributed by atoms with Crippen molar-refractivity contribution in [2.45, 2.75) is 27.2 Å². The van der Waals surface area contributed by atoms with Crippen molar-refractivity contribution in [1.82, 2.24) is 4.90 Å². The largest absolute Gasteiger partial charge is 0.491 e. The van der Waals surface area contributed by atoms with Crippen LogP contribution in [0.5, 0.6) is 5.75 Å². The molecular formula is C15H23NO3. The third-order valence-electron chi connectivity index (χ3n) is 2.86. The van der Waals surface area contributed by atoms with Crippen LogP contribution in [0.15, 0.2) is 18.2 Å². The Kier molecular flexibility index (Phi) is 6.36. The van der Waals surface area contributed by atoms with Gasteiger partial charge in [0.15, 0.2) is 0 Å². The molecule has 4 nitrogen and oxygen atoms in total. The first-order valence-corrected chi connectivity index (χ1v) is 6.86. The average molecular weight is 265 g/mol. The van der Waals surface area contributed by atoms with Crippen LogP contribution in [-0.2, 0) is 0 Å². The smallest absolute Gasteiger partial charge is 0.257 e. The highest BCUT2D eigenvalue weighted by molar-refractivity contribution is 5.97. The summed E-state index contributed by atoms with van der Waals surface area (Å²) in [4.78, 5) is 14.0. The summed E-state index contributed by atoms with van der Waals surface area (Å²) >= 11 is 0. The van der Waals surface area contributed by atoms with Crippen LogP contribution in [0.25, 0.3) is 0 Å². The number of ether oxygens (including phenoxy) is 1. The Morgan fingerprint density at radius 2 is 2.11 bits per heavy atom. The zero-order chi connectivity index (χ0) is 14.3. The number of carbonyl (C=O) groups is 1. The molecule has 1 aromatic carbocycles. The average Bonchev–Trinajstić information content (AvgIpc) is 2.59. The fraction of sp³-hybridized carbons (Fsp3) is 0.533. The summed E-state index contributed by atoms with van der Waals surface area (Å²) in [6.07, 6.45) is 0.604. The maximum absolute atomic E-state index is 12.3. The van der Waals surface area contributed by atoms with Gasteiger partial charge >= 0.3 is 0 Å². The summed E-state index contributed by atoms with van der Waals surface area (Å²) in [5.41, 5.74) is 1.67. The van der Waals surface area contributed by atoms with Gasteiger partial charge in [0.05, 0.1) is 12.1 Å². The van der Waals surface area contributed by atoms with Gasteiger partial charge in [0.2, 0.25) is 0 Å². The standard InChI is InChI=1S/C13H17NO3.C2H6/c1-10-3-4-12-11(9-10)13(16)14(5-2-7-15)6-8-17-12;1-2/h3-4,9,15H,2,5-8H2,1H3;1-2H3. The Morgan fingerprint density at radius 3 is 2.79 bits per heavy atom. The van der Waals surface area contributed by atoms with E-state index in [-0.39, 0.29) is 12.5 Å². The van der Waals surface area contributed by atoms with E-state index < -0.39 is 0 Å². The van der Waals surface area contributed by atoms with Crippen LogP contribution >= 0.6 is 0 Å². The van der Waals surface area contributed by atoms with Crippen molar-refractivity contribution in [3.63, 3.8) is 0 Å². The summed E-state index contributed by atoms with van der Waals surface area (Å²) in [6, 6.07) is 5.64. The van der Waals surface area contributed by atoms with E-state index >= 15 is 0 Å². The lowest BCUT2D eigenvalue weighted by Crippen LogP contribution is -2.33. The number of aryl methyl sites for hydroxylation is 1. The topological polar surface area (TPSA) is 49.8 Å². The first-order chi connectivity index (χ1) is 9.22. The van der Waals surface area contributed by atoms with Gasteiger partial charge in [-0.1, -0.05) is 25.5 Å². The second kappa shape index (κ2) is 7.79. The fourth-order valence-corrected chi connectivity index (χ4v) is 1.95. The van der Waals surface area contributed by atoms with Gasteiger partial charge in [0.1, 0.15) is 12.4 Å². The van der Waals surface area contributed by atoms with E-state index in [2.05, 4.69) is 0 Å². The molecule has 2 rings (SSSR count). The number of carbonyl (C=O) groups excluding carboxylic acids is 1. The molecule has 0 saturated heterocycles. The van der Waals surface area contributed by atoms with E-state index in [0.717, 1.165) is 5.56 Å². The van der Waals surface area contributed by atoms with Gasteiger partial charge < -0.3 is 14.7 Å². The maximum Gasteiger partial charge on any atom is 0.257 e. The normalized spacial score (nSPS) is 13.9. The van der Waals surface area contributed by atoms with Gasteiger partial charge in [-0.15, -0.1) is 0 Å². The van der Waals surface area contributed by atoms with Crippen LogP contribution in [0.2, 0.25) is 0 Å². The van der Waals surface area contributed by atoms with E-state index in [0.29, 0.717) is 37.4 Å². The number of hydrogen-bond donors (Lipinski definition) is 1. The summed E-state index contributed by atoms with van der Waals surface area (Å²) in [6.45, 7) is 7.72. The minimum absolute atomic E-state index is 0.00495. The van der Waals surface area contributed by atoms with Crippen LogP contribution in [-0.4, -0.2) is 42.2 Å². The molecule has 106 valence electrons. The Bertz CT molecular complexity index is 416. The first-order valence-electron chi connectivity index (χ1n) is 6.86. The highest BCUT2D eigenvalue weighted by Crippen LogP contribution is 2.24. The molecule has 0 unspecified atom stereocenters. The summed E-state index contributed by atoms with van der Waals surface area (Å²) in [5.74, 6) is 0.654. The lowest BCUT2D eigenvalue weighted by Gasteiger charge is -2.19. The van der Waals surface area contributed by atoms with Gasteiger partial charge in [0, 0.05) is 13.2 Å². The fourth-order valence-electron chi connectivity index (χ4n) is 1.95. The molecule has 0 radical (unpaired) electrons. The molecule has 0 atom stereocenters. The molecule has 0 bridgehead atoms. The van der Waals surface area contributed by atoms with Crippen molar-refractivity contribution >= 4 is 5.91 Å². The second-order valence-corrected chi connectivity index (χ2v) is 4.22. The quantitative estimate of drug-likeness (QED) is 0.912. The molecule has 1 amide bonds. The number of aliphatic hydroxyl groups is 1. The highest BCUT2D eigenvalue weighted by atomic mass is 16.5. The molecule has 4 heteroatoms. The van der Waals surface area contributed by atoms with Crippen molar-refractivity contribution in [3.05, 3.63) is 29.3 Å². The minimum atomic E-state index is -0.00495. The van der Waals surface area contributed by atoms with E-state index in [1.807, 2.05) is 39.0 Å². The van der Waals surface area contributed by atoms with Gasteiger partial charge in [-0.05, 0) is 25.5 Å². The molecule has 0 aromatic heterocycles. The minimum Gasteiger partial charge on any atom is -0.491 e. The molecule has 1 aliphatic heterocycles. The maximum atomic E-state index is 12.3. The number of hydrogen-bond acceptors (Lipinski definition) is 3. The molecule has 1 heterocycles. The third kappa shape index (κ3) is 3.96. The lowest BCUT2D eigenvalue weighted by molar-refractivity contribution is 0.0744. The lowest BCUT2D eigenvalue weighted by atomic mass is 10.1. The SMILES string of the molecule is CC.Cc1ccc2c(c1)C(=O)N(CCCO)CCO2. The van der Waals surface area contributed by atoms with E-state index in [9.17, 15) is 4.79 Å². The zero-order valence-electron chi connectivity index (χ0n) is 12.0. The molecular weight excluding hydrogens is 242 g/mol. The molecule has 0 aliphatic carbocycles. The predicted molar refractivity (Wildman–Crippen MR) is 75.6 cm³/mol. The first kappa shape index (κ1) is 15.5. The summed E-state index contributed by atoms with van der Waals surface area (Å²) < 4.78 is 5.56. The Hall–Kier alpha value is -1.55. The van der Waals surface area contributed by atoms with Crippen molar-refractivity contribution in [1.29, 1.82) is 0 Å². The van der Waals surface area contributed by atoms with E-state index in [1.165, 1.54) is 0 Å². The zero-order valence-corrected chi connectivity index (χ0v) is 12.0. The van der Waals surface area contributed by atoms with Gasteiger partial charge in [-0.3, -0.25) is 4.79 Å². The Labute approximate surface area is 115 Å². The van der Waals surface area contributed by atoms with Gasteiger partial charge in [-0.25, -0.2) is 0 Å². The van der Waals surface area contributed by atoms with Crippen LogP contribution in [0.4, 0.5) is 0 Å². The predicted octanol–water partition coefficient (Wildman–Crippen LogP) is 2.24. The molecule has 1 aromatic rings. The molecule has 1 aliphatic rings. The Balaban J connectivity index is 0.000000861. The van der Waals surface area contributed by atoms with Crippen LogP contribution < -0.4 is 4.74 Å². The van der Waals surface area contributed by atoms with Crippen molar-refractivity contribution in [2.24, 2.45) is 0 Å². The number of fused-ring (bicyclic) bond motifs is 1. The Morgan fingerprint density at radius 1 is 1.37 bits per heavy atom. The number of amides is 1. The second-order valence-electron chi connectivity index (χ2n) is 4.22. The van der Waals surface area contributed by atoms with Gasteiger partial charge in [-0.2, -0.15) is 0 Å². The molecule has 19 heavy (non-hydrogen) atoms. The molecule has 1 N–H and O–H groups in total. The summed E-state index contributed by atoms with van der Waals surface area (Å²) in [5, 5.41) is 8.82. The number of benzene rings is 1. The molecule has 0 fully saturated rings. The monoisotopic (exact) mass is 265 g/mol. The number of aliphatic hydroxyl groups excluding tert-OH is 1. The van der Waals surface area contributed by atoms with Crippen LogP contribution in [0, 0.1) is 6.92 Å². The van der Waals surface area contributed by atoms with Crippen LogP contribution in [0.1, 0.15) is 36.2 Å². The molecule has 0 spiro atoms. The number of nitrogens with zero attached hydrogens (tertiary/aromatic N) is 1. The van der Waals surface area contributed by atoms with E-state index in [1.54, 1.807) is 4.90 Å². The molecule has 0 saturated carbocycles.